The fourth-order valence-electron chi connectivity index (χ4n) is 1.52. The number of hydrogen-bond donors (Lipinski definition) is 1. The van der Waals surface area contributed by atoms with E-state index in [1.54, 1.807) is 0 Å². The van der Waals surface area contributed by atoms with E-state index in [9.17, 15) is 0 Å². The molecule has 0 aliphatic carbocycles. The summed E-state index contributed by atoms with van der Waals surface area (Å²) in [5.74, 6) is 0. The van der Waals surface area contributed by atoms with Crippen LogP contribution in [0.5, 0.6) is 0 Å². The predicted octanol–water partition coefficient (Wildman–Crippen LogP) is 2.70. The number of nitrogens with two attached hydrogens (primary N) is 1. The summed E-state index contributed by atoms with van der Waals surface area (Å²) in [5, 5.41) is 2.14. The van der Waals surface area contributed by atoms with Gasteiger partial charge in [0, 0.05) is 17.5 Å². The minimum Gasteiger partial charge on any atom is -0.328 e. The van der Waals surface area contributed by atoms with Gasteiger partial charge in [-0.05, 0) is 37.4 Å². The van der Waals surface area contributed by atoms with Gasteiger partial charge < -0.3 is 5.73 Å². The summed E-state index contributed by atoms with van der Waals surface area (Å²) >= 11 is 1.83. The molecule has 15 heavy (non-hydrogen) atoms. The molecule has 0 aliphatic rings. The van der Waals surface area contributed by atoms with Crippen molar-refractivity contribution in [3.8, 4) is 0 Å². The van der Waals surface area contributed by atoms with E-state index in [1.807, 2.05) is 11.3 Å². The quantitative estimate of drug-likeness (QED) is 0.774. The van der Waals surface area contributed by atoms with Crippen LogP contribution >= 0.6 is 11.3 Å². The number of hydrogen-bond acceptors (Lipinski definition) is 3. The summed E-state index contributed by atoms with van der Waals surface area (Å²) in [6, 6.07) is 4.68. The second kappa shape index (κ2) is 6.99. The molecule has 1 heterocycles. The molecule has 1 aromatic rings. The zero-order chi connectivity index (χ0) is 11.1. The molecule has 0 aromatic carbocycles. The van der Waals surface area contributed by atoms with Gasteiger partial charge in [-0.3, -0.25) is 4.90 Å². The van der Waals surface area contributed by atoms with Crippen molar-refractivity contribution in [3.63, 3.8) is 0 Å². The zero-order valence-electron chi connectivity index (χ0n) is 9.78. The van der Waals surface area contributed by atoms with Crippen molar-refractivity contribution in [2.45, 2.75) is 39.3 Å². The first-order valence-electron chi connectivity index (χ1n) is 5.76. The van der Waals surface area contributed by atoms with Gasteiger partial charge in [-0.15, -0.1) is 11.3 Å². The Bertz CT molecular complexity index is 246. The van der Waals surface area contributed by atoms with Gasteiger partial charge in [0.2, 0.25) is 0 Å². The second-order valence-electron chi connectivity index (χ2n) is 3.91. The van der Waals surface area contributed by atoms with E-state index >= 15 is 0 Å². The van der Waals surface area contributed by atoms with Crippen LogP contribution in [-0.4, -0.2) is 24.0 Å². The van der Waals surface area contributed by atoms with E-state index in [-0.39, 0.29) is 0 Å². The van der Waals surface area contributed by atoms with Crippen LogP contribution < -0.4 is 5.73 Å². The van der Waals surface area contributed by atoms with Gasteiger partial charge >= 0.3 is 0 Å². The smallest absolute Gasteiger partial charge is 0.0327 e. The van der Waals surface area contributed by atoms with Gasteiger partial charge in [0.1, 0.15) is 0 Å². The van der Waals surface area contributed by atoms with Crippen molar-refractivity contribution in [2.75, 3.05) is 13.1 Å². The van der Waals surface area contributed by atoms with Crippen LogP contribution in [0, 0.1) is 0 Å². The highest BCUT2D eigenvalue weighted by molar-refractivity contribution is 7.09. The van der Waals surface area contributed by atoms with Crippen molar-refractivity contribution in [3.05, 3.63) is 22.4 Å². The fraction of sp³-hybridized carbons (Fsp3) is 0.667. The van der Waals surface area contributed by atoms with Gasteiger partial charge in [-0.25, -0.2) is 0 Å². The molecule has 2 nitrogen and oxygen atoms in total. The highest BCUT2D eigenvalue weighted by Gasteiger charge is 2.06. The average molecular weight is 226 g/mol. The van der Waals surface area contributed by atoms with Gasteiger partial charge in [0.25, 0.3) is 0 Å². The van der Waals surface area contributed by atoms with Crippen molar-refractivity contribution in [1.29, 1.82) is 0 Å². The normalized spacial score (nSPS) is 13.3. The summed E-state index contributed by atoms with van der Waals surface area (Å²) in [4.78, 5) is 3.91. The summed E-state index contributed by atoms with van der Waals surface area (Å²) in [5.41, 5.74) is 5.93. The summed E-state index contributed by atoms with van der Waals surface area (Å²) in [7, 11) is 0. The molecule has 1 unspecified atom stereocenters. The maximum Gasteiger partial charge on any atom is 0.0327 e. The van der Waals surface area contributed by atoms with Crippen molar-refractivity contribution >= 4 is 11.3 Å². The van der Waals surface area contributed by atoms with E-state index < -0.39 is 0 Å². The average Bonchev–Trinajstić information content (AvgIpc) is 2.76. The Morgan fingerprint density at radius 1 is 1.47 bits per heavy atom. The Morgan fingerprint density at radius 3 is 2.80 bits per heavy atom. The third-order valence-electron chi connectivity index (χ3n) is 2.75. The second-order valence-corrected chi connectivity index (χ2v) is 4.94. The molecule has 0 saturated carbocycles. The minimum atomic E-state index is 0.363. The standard InChI is InChI=1S/C12H22N2S/c1-3-11(13)7-8-14(4-2)10-12-6-5-9-15-12/h5-6,9,11H,3-4,7-8,10,13H2,1-2H3. The predicted molar refractivity (Wildman–Crippen MR) is 68.2 cm³/mol. The molecule has 0 spiro atoms. The van der Waals surface area contributed by atoms with Gasteiger partial charge in [0.05, 0.1) is 0 Å². The molecule has 0 saturated heterocycles. The summed E-state index contributed by atoms with van der Waals surface area (Å²) < 4.78 is 0. The van der Waals surface area contributed by atoms with Crippen LogP contribution in [0.3, 0.4) is 0 Å². The number of nitrogens with zero attached hydrogens (tertiary/aromatic N) is 1. The maximum absolute atomic E-state index is 5.93. The third kappa shape index (κ3) is 4.78. The fourth-order valence-corrected chi connectivity index (χ4v) is 2.27. The Hall–Kier alpha value is -0.380. The molecule has 0 aliphatic heterocycles. The molecule has 0 bridgehead atoms. The molecule has 0 fully saturated rings. The maximum atomic E-state index is 5.93. The van der Waals surface area contributed by atoms with Gasteiger partial charge in [0.15, 0.2) is 0 Å². The SMILES string of the molecule is CCC(N)CCN(CC)Cc1cccs1. The van der Waals surface area contributed by atoms with Crippen LogP contribution in [0.15, 0.2) is 17.5 Å². The molecule has 1 aromatic heterocycles. The van der Waals surface area contributed by atoms with Crippen LogP contribution in [0.25, 0.3) is 0 Å². The Morgan fingerprint density at radius 2 is 2.27 bits per heavy atom. The Balaban J connectivity index is 2.30. The van der Waals surface area contributed by atoms with E-state index in [2.05, 4.69) is 36.3 Å². The van der Waals surface area contributed by atoms with E-state index in [4.69, 9.17) is 5.73 Å². The highest BCUT2D eigenvalue weighted by atomic mass is 32.1. The van der Waals surface area contributed by atoms with Crippen molar-refractivity contribution in [2.24, 2.45) is 5.73 Å². The molecule has 0 radical (unpaired) electrons. The molecule has 0 amide bonds. The molecule has 3 heteroatoms. The number of rotatable bonds is 7. The first kappa shape index (κ1) is 12.7. The summed E-state index contributed by atoms with van der Waals surface area (Å²) in [6.07, 6.45) is 2.19. The van der Waals surface area contributed by atoms with E-state index in [1.165, 1.54) is 4.88 Å². The lowest BCUT2D eigenvalue weighted by Gasteiger charge is -2.21. The van der Waals surface area contributed by atoms with Crippen molar-refractivity contribution in [1.82, 2.24) is 4.90 Å². The molecule has 1 rings (SSSR count). The lowest BCUT2D eigenvalue weighted by molar-refractivity contribution is 0.269. The highest BCUT2D eigenvalue weighted by Crippen LogP contribution is 2.12. The topological polar surface area (TPSA) is 29.3 Å². The first-order chi connectivity index (χ1) is 7.26. The van der Waals surface area contributed by atoms with Crippen LogP contribution in [0.1, 0.15) is 31.6 Å². The Kier molecular flexibility index (Phi) is 5.91. The minimum absolute atomic E-state index is 0.363. The van der Waals surface area contributed by atoms with Crippen LogP contribution in [0.2, 0.25) is 0 Å². The number of thiophene rings is 1. The van der Waals surface area contributed by atoms with Crippen molar-refractivity contribution < 1.29 is 0 Å². The molecular formula is C12H22N2S. The molecule has 1 atom stereocenters. The largest absolute Gasteiger partial charge is 0.328 e. The Labute approximate surface area is 97.1 Å². The first-order valence-corrected chi connectivity index (χ1v) is 6.64. The lowest BCUT2D eigenvalue weighted by atomic mass is 10.1. The van der Waals surface area contributed by atoms with Gasteiger partial charge in [-0.1, -0.05) is 19.9 Å². The lowest BCUT2D eigenvalue weighted by Crippen LogP contribution is -2.29. The van der Waals surface area contributed by atoms with E-state index in [0.717, 1.165) is 32.5 Å². The monoisotopic (exact) mass is 226 g/mol. The van der Waals surface area contributed by atoms with Gasteiger partial charge in [-0.2, -0.15) is 0 Å². The third-order valence-corrected chi connectivity index (χ3v) is 3.61. The summed E-state index contributed by atoms with van der Waals surface area (Å²) in [6.45, 7) is 7.66. The van der Waals surface area contributed by atoms with Crippen LogP contribution in [0.4, 0.5) is 0 Å². The molecule has 86 valence electrons. The molecule has 2 N–H and O–H groups in total. The van der Waals surface area contributed by atoms with E-state index in [0.29, 0.717) is 6.04 Å². The van der Waals surface area contributed by atoms with Crippen LogP contribution in [-0.2, 0) is 6.54 Å². The molecular weight excluding hydrogens is 204 g/mol. The zero-order valence-corrected chi connectivity index (χ0v) is 10.6.